The first kappa shape index (κ1) is 13.5. The van der Waals surface area contributed by atoms with Gasteiger partial charge in [-0.05, 0) is 29.0 Å². The number of ether oxygens (including phenoxy) is 1. The van der Waals surface area contributed by atoms with Crippen LogP contribution in [-0.2, 0) is 11.3 Å². The van der Waals surface area contributed by atoms with Crippen LogP contribution in [0.5, 0.6) is 5.75 Å². The number of aromatic nitrogens is 4. The molecule has 1 saturated heterocycles. The molecule has 1 aromatic heterocycles. The van der Waals surface area contributed by atoms with Crippen LogP contribution >= 0.6 is 0 Å². The van der Waals surface area contributed by atoms with Crippen molar-refractivity contribution in [1.29, 1.82) is 0 Å². The lowest BCUT2D eigenvalue weighted by Gasteiger charge is -2.39. The zero-order chi connectivity index (χ0) is 14.5. The minimum Gasteiger partial charge on any atom is -0.487 e. The lowest BCUT2D eigenvalue weighted by molar-refractivity contribution is -0.140. The van der Waals surface area contributed by atoms with Crippen molar-refractivity contribution in [3.63, 3.8) is 0 Å². The molecular formula is C14H17N5O2. The van der Waals surface area contributed by atoms with Gasteiger partial charge in [0.05, 0.1) is 13.1 Å². The summed E-state index contributed by atoms with van der Waals surface area (Å²) in [4.78, 5) is 13.8. The Morgan fingerprint density at radius 2 is 2.10 bits per heavy atom. The van der Waals surface area contributed by atoms with Crippen molar-refractivity contribution in [2.75, 3.05) is 13.1 Å². The third kappa shape index (κ3) is 3.56. The lowest BCUT2D eigenvalue weighted by Crippen LogP contribution is -2.56. The van der Waals surface area contributed by atoms with Gasteiger partial charge in [-0.25, -0.2) is 4.68 Å². The van der Waals surface area contributed by atoms with Crippen LogP contribution in [0.15, 0.2) is 36.7 Å². The molecule has 21 heavy (non-hydrogen) atoms. The molecule has 0 radical (unpaired) electrons. The predicted molar refractivity (Wildman–Crippen MR) is 74.5 cm³/mol. The fourth-order valence-electron chi connectivity index (χ4n) is 2.24. The van der Waals surface area contributed by atoms with Gasteiger partial charge in [0.15, 0.2) is 0 Å². The van der Waals surface area contributed by atoms with Crippen LogP contribution in [0.1, 0.15) is 12.8 Å². The summed E-state index contributed by atoms with van der Waals surface area (Å²) in [6.07, 6.45) is 2.91. The average Bonchev–Trinajstić information content (AvgIpc) is 2.96. The van der Waals surface area contributed by atoms with Crippen molar-refractivity contribution >= 4 is 5.91 Å². The Kier molecular flexibility index (Phi) is 4.09. The summed E-state index contributed by atoms with van der Waals surface area (Å²) in [5, 5.41) is 10.9. The molecule has 3 rings (SSSR count). The molecule has 2 heterocycles. The van der Waals surface area contributed by atoms with Crippen LogP contribution in [0.2, 0.25) is 0 Å². The minimum absolute atomic E-state index is 0.107. The highest BCUT2D eigenvalue weighted by molar-refractivity contribution is 5.77. The van der Waals surface area contributed by atoms with Crippen molar-refractivity contribution in [2.24, 2.45) is 0 Å². The highest BCUT2D eigenvalue weighted by atomic mass is 16.5. The molecule has 7 nitrogen and oxygen atoms in total. The van der Waals surface area contributed by atoms with E-state index in [-0.39, 0.29) is 12.0 Å². The second kappa shape index (κ2) is 6.34. The Morgan fingerprint density at radius 1 is 1.29 bits per heavy atom. The summed E-state index contributed by atoms with van der Waals surface area (Å²) >= 11 is 0. The van der Waals surface area contributed by atoms with E-state index in [9.17, 15) is 4.79 Å². The van der Waals surface area contributed by atoms with Gasteiger partial charge in [0, 0.05) is 13.0 Å². The zero-order valence-electron chi connectivity index (χ0n) is 11.6. The van der Waals surface area contributed by atoms with Gasteiger partial charge in [-0.15, -0.1) is 5.10 Å². The number of nitrogens with zero attached hydrogens (tertiary/aromatic N) is 5. The number of benzene rings is 1. The van der Waals surface area contributed by atoms with E-state index in [1.165, 1.54) is 0 Å². The van der Waals surface area contributed by atoms with Crippen LogP contribution in [0.4, 0.5) is 0 Å². The molecule has 0 bridgehead atoms. The molecule has 0 spiro atoms. The Balaban J connectivity index is 1.35. The quantitative estimate of drug-likeness (QED) is 0.783. The zero-order valence-corrected chi connectivity index (χ0v) is 11.6. The number of rotatable bonds is 6. The number of aryl methyl sites for hydroxylation is 1. The summed E-state index contributed by atoms with van der Waals surface area (Å²) in [6, 6.07) is 9.69. The molecular weight excluding hydrogens is 270 g/mol. The highest BCUT2D eigenvalue weighted by Gasteiger charge is 2.31. The summed E-state index contributed by atoms with van der Waals surface area (Å²) in [7, 11) is 0. The second-order valence-electron chi connectivity index (χ2n) is 5.03. The first-order chi connectivity index (χ1) is 10.3. The number of carbonyl (C=O) groups excluding carboxylic acids is 1. The maximum Gasteiger partial charge on any atom is 0.222 e. The molecule has 1 aliphatic heterocycles. The van der Waals surface area contributed by atoms with Gasteiger partial charge >= 0.3 is 0 Å². The lowest BCUT2D eigenvalue weighted by atomic mass is 10.1. The van der Waals surface area contributed by atoms with Crippen LogP contribution in [0.3, 0.4) is 0 Å². The van der Waals surface area contributed by atoms with Gasteiger partial charge < -0.3 is 9.64 Å². The van der Waals surface area contributed by atoms with Crippen LogP contribution in [0.25, 0.3) is 0 Å². The van der Waals surface area contributed by atoms with E-state index in [2.05, 4.69) is 15.5 Å². The van der Waals surface area contributed by atoms with E-state index >= 15 is 0 Å². The molecule has 0 unspecified atom stereocenters. The highest BCUT2D eigenvalue weighted by Crippen LogP contribution is 2.18. The molecule has 0 saturated carbocycles. The van der Waals surface area contributed by atoms with Gasteiger partial charge in [-0.2, -0.15) is 0 Å². The number of tetrazole rings is 1. The van der Waals surface area contributed by atoms with Crippen molar-refractivity contribution in [3.8, 4) is 5.75 Å². The first-order valence-corrected chi connectivity index (χ1v) is 7.01. The SMILES string of the molecule is O=C(CCCn1cnnn1)N1CC(Oc2ccccc2)C1. The summed E-state index contributed by atoms with van der Waals surface area (Å²) in [5.41, 5.74) is 0. The summed E-state index contributed by atoms with van der Waals surface area (Å²) in [5.74, 6) is 1.02. The van der Waals surface area contributed by atoms with E-state index in [1.807, 2.05) is 35.2 Å². The Labute approximate surface area is 122 Å². The third-order valence-electron chi connectivity index (χ3n) is 3.42. The van der Waals surface area contributed by atoms with Crippen LogP contribution in [0, 0.1) is 0 Å². The van der Waals surface area contributed by atoms with Crippen molar-refractivity contribution < 1.29 is 9.53 Å². The number of amides is 1. The Hall–Kier alpha value is -2.44. The van der Waals surface area contributed by atoms with Crippen LogP contribution < -0.4 is 4.74 Å². The monoisotopic (exact) mass is 287 g/mol. The maximum atomic E-state index is 12.0. The topological polar surface area (TPSA) is 73.1 Å². The summed E-state index contributed by atoms with van der Waals surface area (Å²) in [6.45, 7) is 1.99. The standard InChI is InChI=1S/C14H17N5O2/c20-14(7-4-8-19-11-15-16-17-19)18-9-13(10-18)21-12-5-2-1-3-6-12/h1-3,5-6,11,13H,4,7-10H2. The molecule has 0 N–H and O–H groups in total. The summed E-state index contributed by atoms with van der Waals surface area (Å²) < 4.78 is 7.40. The number of para-hydroxylation sites is 1. The molecule has 1 aliphatic rings. The van der Waals surface area contributed by atoms with E-state index in [0.29, 0.717) is 26.1 Å². The fraction of sp³-hybridized carbons (Fsp3) is 0.429. The Morgan fingerprint density at radius 3 is 2.81 bits per heavy atom. The molecule has 7 heteroatoms. The predicted octanol–water partition coefficient (Wildman–Crippen LogP) is 0.743. The van der Waals surface area contributed by atoms with E-state index < -0.39 is 0 Å². The Bertz CT molecular complexity index is 566. The van der Waals surface area contributed by atoms with Gasteiger partial charge in [0.1, 0.15) is 18.2 Å². The average molecular weight is 287 g/mol. The first-order valence-electron chi connectivity index (χ1n) is 7.01. The van der Waals surface area contributed by atoms with E-state index in [0.717, 1.165) is 12.2 Å². The second-order valence-corrected chi connectivity index (χ2v) is 5.03. The molecule has 110 valence electrons. The van der Waals surface area contributed by atoms with Crippen molar-refractivity contribution in [3.05, 3.63) is 36.7 Å². The normalized spacial score (nSPS) is 14.8. The van der Waals surface area contributed by atoms with Gasteiger partial charge in [0.25, 0.3) is 0 Å². The smallest absolute Gasteiger partial charge is 0.222 e. The van der Waals surface area contributed by atoms with Crippen molar-refractivity contribution in [1.82, 2.24) is 25.1 Å². The number of hydrogen-bond acceptors (Lipinski definition) is 5. The minimum atomic E-state index is 0.107. The maximum absolute atomic E-state index is 12.0. The van der Waals surface area contributed by atoms with Crippen molar-refractivity contribution in [2.45, 2.75) is 25.5 Å². The fourth-order valence-corrected chi connectivity index (χ4v) is 2.24. The van der Waals surface area contributed by atoms with Crippen LogP contribution in [-0.4, -0.2) is 50.2 Å². The molecule has 0 atom stereocenters. The van der Waals surface area contributed by atoms with Gasteiger partial charge in [0.2, 0.25) is 5.91 Å². The molecule has 0 aliphatic carbocycles. The van der Waals surface area contributed by atoms with E-state index in [1.54, 1.807) is 11.0 Å². The third-order valence-corrected chi connectivity index (χ3v) is 3.42. The number of hydrogen-bond donors (Lipinski definition) is 0. The number of likely N-dealkylation sites (tertiary alicyclic amines) is 1. The van der Waals surface area contributed by atoms with Gasteiger partial charge in [-0.1, -0.05) is 18.2 Å². The van der Waals surface area contributed by atoms with E-state index in [4.69, 9.17) is 4.74 Å². The molecule has 2 aromatic rings. The molecule has 1 amide bonds. The molecule has 1 aromatic carbocycles. The number of carbonyl (C=O) groups is 1. The largest absolute Gasteiger partial charge is 0.487 e. The van der Waals surface area contributed by atoms with Gasteiger partial charge in [-0.3, -0.25) is 4.79 Å². The molecule has 1 fully saturated rings.